The predicted molar refractivity (Wildman–Crippen MR) is 233 cm³/mol. The normalized spacial score (nSPS) is 11.3. The fourth-order valence-electron chi connectivity index (χ4n) is 7.00. The summed E-state index contributed by atoms with van der Waals surface area (Å²) < 4.78 is 0. The molecule has 55 heavy (non-hydrogen) atoms. The maximum Gasteiger partial charge on any atom is 4.00 e. The first-order valence-corrected chi connectivity index (χ1v) is 20.3. The second-order valence-electron chi connectivity index (χ2n) is 16.0. The Morgan fingerprint density at radius 1 is 0.473 bits per heavy atom. The van der Waals surface area contributed by atoms with Crippen LogP contribution in [0.25, 0.3) is 64.7 Å². The number of hydrogen-bond donors (Lipinski definition) is 0. The molecule has 0 saturated carbocycles. The van der Waals surface area contributed by atoms with E-state index in [1.165, 1.54) is 85.6 Å². The first kappa shape index (κ1) is 44.5. The van der Waals surface area contributed by atoms with Crippen LogP contribution in [0.5, 0.6) is 0 Å². The van der Waals surface area contributed by atoms with Crippen molar-refractivity contribution in [3.63, 3.8) is 0 Å². The number of thiophene rings is 2. The minimum atomic E-state index is 0. The first-order chi connectivity index (χ1) is 24.9. The van der Waals surface area contributed by atoms with E-state index in [1.807, 2.05) is 22.7 Å². The van der Waals surface area contributed by atoms with Crippen LogP contribution in [0, 0.1) is 0 Å². The second-order valence-corrected chi connectivity index (χ2v) is 18.3. The topological polar surface area (TPSA) is 0 Å². The van der Waals surface area contributed by atoms with E-state index < -0.39 is 0 Å². The van der Waals surface area contributed by atoms with Crippen LogP contribution in [0.1, 0.15) is 76.3 Å². The van der Waals surface area contributed by atoms with E-state index in [0.717, 1.165) is 12.8 Å². The quantitative estimate of drug-likeness (QED) is 0.116. The molecule has 0 aliphatic rings. The zero-order valence-corrected chi connectivity index (χ0v) is 37.9. The van der Waals surface area contributed by atoms with Crippen molar-refractivity contribution in [3.8, 4) is 43.1 Å². The summed E-state index contributed by atoms with van der Waals surface area (Å²) in [5.74, 6) is 0. The fourth-order valence-corrected chi connectivity index (χ4v) is 8.87. The maximum atomic E-state index is 2.35. The largest absolute Gasteiger partial charge is 4.00 e. The molecule has 0 radical (unpaired) electrons. The number of aryl methyl sites for hydroxylation is 2. The molecule has 280 valence electrons. The third kappa shape index (κ3) is 9.85. The molecular weight excluding hydrogens is 783 g/mol. The summed E-state index contributed by atoms with van der Waals surface area (Å²) in [7, 11) is 0. The minimum absolute atomic E-state index is 0. The van der Waals surface area contributed by atoms with Crippen molar-refractivity contribution in [1.82, 2.24) is 0 Å². The first-order valence-electron chi connectivity index (χ1n) is 18.7. The zero-order valence-electron chi connectivity index (χ0n) is 33.2. The summed E-state index contributed by atoms with van der Waals surface area (Å²) in [5, 5.41) is 5.34. The minimum Gasteiger partial charge on any atom is -1.00 e. The van der Waals surface area contributed by atoms with Crippen LogP contribution < -0.4 is 24.8 Å². The van der Waals surface area contributed by atoms with Gasteiger partial charge in [0.25, 0.3) is 0 Å². The van der Waals surface area contributed by atoms with Crippen molar-refractivity contribution >= 4 is 44.2 Å². The van der Waals surface area contributed by atoms with Crippen LogP contribution in [0.15, 0.2) is 133 Å². The van der Waals surface area contributed by atoms with Gasteiger partial charge in [-0.05, 0) is 65.4 Å². The van der Waals surface area contributed by atoms with E-state index in [0.29, 0.717) is 0 Å². The summed E-state index contributed by atoms with van der Waals surface area (Å²) in [6, 6.07) is 49.8. The van der Waals surface area contributed by atoms with E-state index in [-0.39, 0.29) is 57.4 Å². The van der Waals surface area contributed by atoms with Gasteiger partial charge in [-0.2, -0.15) is 22.7 Å². The Hall–Kier alpha value is -3.21. The van der Waals surface area contributed by atoms with Gasteiger partial charge in [0.05, 0.1) is 0 Å². The van der Waals surface area contributed by atoms with Gasteiger partial charge in [-0.1, -0.05) is 164 Å². The molecule has 5 heteroatoms. The molecule has 0 amide bonds. The molecule has 0 aliphatic heterocycles. The van der Waals surface area contributed by atoms with Crippen molar-refractivity contribution in [2.24, 2.45) is 0 Å². The molecule has 2 aromatic heterocycles. The van der Waals surface area contributed by atoms with Crippen LogP contribution in [0.2, 0.25) is 0 Å². The number of fused-ring (bicyclic) bond motifs is 2. The standard InChI is InChI=1S/2C25H25S.2ClH.Ti/c2*1-5-21-13-14-24(26-21)19-15-18-7-6-8-22(23(18)16-19)17-9-11-20(12-10-17)25(2,3)4;;;/h2*6-16H,5H2,1-4H3;2*1H;/q2*-1;;;+4/p-2. The van der Waals surface area contributed by atoms with Gasteiger partial charge in [-0.25, -0.2) is 0 Å². The van der Waals surface area contributed by atoms with Gasteiger partial charge in [-0.3, -0.25) is 0 Å². The number of benzene rings is 4. The van der Waals surface area contributed by atoms with Crippen molar-refractivity contribution in [3.05, 3.63) is 154 Å². The molecule has 0 atom stereocenters. The molecule has 0 spiro atoms. The average Bonchev–Trinajstić information content (AvgIpc) is 3.96. The van der Waals surface area contributed by atoms with E-state index in [1.54, 1.807) is 0 Å². The van der Waals surface area contributed by atoms with Crippen molar-refractivity contribution in [2.75, 3.05) is 0 Å². The van der Waals surface area contributed by atoms with Crippen LogP contribution in [-0.4, -0.2) is 0 Å². The number of hydrogen-bond acceptors (Lipinski definition) is 2. The van der Waals surface area contributed by atoms with E-state index in [4.69, 9.17) is 0 Å². The smallest absolute Gasteiger partial charge is 1.00 e. The predicted octanol–water partition coefficient (Wildman–Crippen LogP) is 9.63. The van der Waals surface area contributed by atoms with Gasteiger partial charge in [0, 0.05) is 0 Å². The molecule has 0 N–H and O–H groups in total. The van der Waals surface area contributed by atoms with Gasteiger partial charge < -0.3 is 24.8 Å². The molecule has 0 unspecified atom stereocenters. The van der Waals surface area contributed by atoms with Gasteiger partial charge in [0.15, 0.2) is 0 Å². The number of rotatable bonds is 6. The summed E-state index contributed by atoms with van der Waals surface area (Å²) in [6.07, 6.45) is 2.21. The van der Waals surface area contributed by atoms with Crippen molar-refractivity contribution < 1.29 is 46.5 Å². The van der Waals surface area contributed by atoms with Crippen LogP contribution in [-0.2, 0) is 45.4 Å². The molecule has 0 saturated heterocycles. The number of halogens is 2. The Morgan fingerprint density at radius 3 is 1.15 bits per heavy atom. The summed E-state index contributed by atoms with van der Waals surface area (Å²) in [5.41, 5.74) is 11.0. The molecule has 8 rings (SSSR count). The Bertz CT molecular complexity index is 2270. The Morgan fingerprint density at radius 2 is 0.836 bits per heavy atom. The van der Waals surface area contributed by atoms with E-state index in [2.05, 4.69) is 189 Å². The monoisotopic (exact) mass is 832 g/mol. The Kier molecular flexibility index (Phi) is 14.9. The second kappa shape index (κ2) is 18.4. The molecule has 6 aromatic carbocycles. The average molecular weight is 834 g/mol. The van der Waals surface area contributed by atoms with Gasteiger partial charge in [0.1, 0.15) is 0 Å². The third-order valence-corrected chi connectivity index (χ3v) is 12.8. The third-order valence-electron chi connectivity index (χ3n) is 10.2. The molecule has 0 fully saturated rings. The summed E-state index contributed by atoms with van der Waals surface area (Å²) in [4.78, 5) is 5.63. The SMILES string of the molecule is CCc1ccc(-c2cc3c(-c4ccc(C(C)(C)C)cc4)cccc3[cH-]2)s1.CCc1ccc(-c2cc3c(-c4ccc(C(C)(C)C)cc4)cccc3[cH-]2)s1.[Cl-].[Cl-].[Ti+4]. The molecular formula is C50H50Cl2S2Ti. The summed E-state index contributed by atoms with van der Waals surface area (Å²) >= 11 is 3.82. The van der Waals surface area contributed by atoms with E-state index >= 15 is 0 Å². The zero-order chi connectivity index (χ0) is 36.6. The summed E-state index contributed by atoms with van der Waals surface area (Å²) in [6.45, 7) is 18.0. The van der Waals surface area contributed by atoms with Gasteiger partial charge >= 0.3 is 21.7 Å². The van der Waals surface area contributed by atoms with Crippen LogP contribution in [0.3, 0.4) is 0 Å². The maximum absolute atomic E-state index is 2.35. The molecule has 0 nitrogen and oxygen atoms in total. The van der Waals surface area contributed by atoms with Gasteiger partial charge in [-0.15, -0.1) is 69.1 Å². The Balaban J connectivity index is 0.000000232. The van der Waals surface area contributed by atoms with Crippen molar-refractivity contribution in [2.45, 2.75) is 79.1 Å². The Labute approximate surface area is 364 Å². The fraction of sp³-hybridized carbons (Fsp3) is 0.240. The molecule has 2 heterocycles. The van der Waals surface area contributed by atoms with Crippen molar-refractivity contribution in [1.29, 1.82) is 0 Å². The molecule has 0 bridgehead atoms. The van der Waals surface area contributed by atoms with E-state index in [9.17, 15) is 0 Å². The van der Waals surface area contributed by atoms with Crippen LogP contribution >= 0.6 is 22.7 Å². The van der Waals surface area contributed by atoms with Crippen LogP contribution in [0.4, 0.5) is 0 Å². The molecule has 0 aliphatic carbocycles. The molecule has 8 aromatic rings. The van der Waals surface area contributed by atoms with Gasteiger partial charge in [0.2, 0.25) is 0 Å².